The number of hydrogen-bond acceptors (Lipinski definition) is 4. The lowest BCUT2D eigenvalue weighted by atomic mass is 10.1. The van der Waals surface area contributed by atoms with Gasteiger partial charge < -0.3 is 15.4 Å². The van der Waals surface area contributed by atoms with Gasteiger partial charge in [0.05, 0.1) is 18.8 Å². The zero-order chi connectivity index (χ0) is 13.5. The fourth-order valence-corrected chi connectivity index (χ4v) is 1.53. The number of ether oxygens (including phenoxy) is 1. The van der Waals surface area contributed by atoms with Crippen molar-refractivity contribution in [1.29, 1.82) is 0 Å². The van der Waals surface area contributed by atoms with Gasteiger partial charge in [-0.25, -0.2) is 0 Å². The van der Waals surface area contributed by atoms with E-state index < -0.39 is 0 Å². The van der Waals surface area contributed by atoms with Crippen LogP contribution in [-0.2, 0) is 4.79 Å². The Morgan fingerprint density at radius 3 is 2.61 bits per heavy atom. The van der Waals surface area contributed by atoms with Crippen molar-refractivity contribution in [3.8, 4) is 5.75 Å². The van der Waals surface area contributed by atoms with Crippen LogP contribution >= 0.6 is 0 Å². The predicted molar refractivity (Wildman–Crippen MR) is 70.2 cm³/mol. The maximum Gasteiger partial charge on any atom is 0.221 e. The lowest BCUT2D eigenvalue weighted by molar-refractivity contribution is -0.114. The minimum Gasteiger partial charge on any atom is -0.492 e. The van der Waals surface area contributed by atoms with Gasteiger partial charge in [0.15, 0.2) is 5.78 Å². The number of rotatable bonds is 6. The van der Waals surface area contributed by atoms with Crippen molar-refractivity contribution in [2.45, 2.75) is 13.8 Å². The van der Waals surface area contributed by atoms with Gasteiger partial charge in [0, 0.05) is 12.5 Å². The normalized spacial score (nSPS) is 9.94. The lowest BCUT2D eigenvalue weighted by Crippen LogP contribution is -2.19. The first-order valence-electron chi connectivity index (χ1n) is 5.80. The maximum atomic E-state index is 11.7. The lowest BCUT2D eigenvalue weighted by Gasteiger charge is -2.12. The Labute approximate surface area is 107 Å². The van der Waals surface area contributed by atoms with Gasteiger partial charge in [0.1, 0.15) is 5.75 Å². The second kappa shape index (κ2) is 6.76. The van der Waals surface area contributed by atoms with Crippen molar-refractivity contribution in [1.82, 2.24) is 5.32 Å². The third-order valence-electron chi connectivity index (χ3n) is 2.25. The molecule has 0 atom stereocenters. The van der Waals surface area contributed by atoms with Crippen LogP contribution in [0.1, 0.15) is 24.2 Å². The van der Waals surface area contributed by atoms with E-state index in [9.17, 15) is 9.59 Å². The summed E-state index contributed by atoms with van der Waals surface area (Å²) in [7, 11) is 1.71. The number of anilines is 1. The van der Waals surface area contributed by atoms with Crippen LogP contribution in [0, 0.1) is 0 Å². The number of carbonyl (C=O) groups excluding carboxylic acids is 2. The zero-order valence-electron chi connectivity index (χ0n) is 10.9. The van der Waals surface area contributed by atoms with Gasteiger partial charge in [0.25, 0.3) is 0 Å². The fourth-order valence-electron chi connectivity index (χ4n) is 1.53. The molecule has 1 amide bonds. The molecule has 1 rings (SSSR count). The Morgan fingerprint density at radius 1 is 1.33 bits per heavy atom. The van der Waals surface area contributed by atoms with Crippen LogP contribution < -0.4 is 15.4 Å². The third kappa shape index (κ3) is 3.85. The molecule has 2 N–H and O–H groups in total. The Balaban J connectivity index is 3.03. The maximum absolute atomic E-state index is 11.7. The summed E-state index contributed by atoms with van der Waals surface area (Å²) in [5, 5.41) is 5.46. The number of likely N-dealkylation sites (N-methyl/N-ethyl adjacent to an activating group) is 1. The molecule has 1 aromatic rings. The van der Waals surface area contributed by atoms with Crippen molar-refractivity contribution in [3.05, 3.63) is 23.8 Å². The number of carbonyl (C=O) groups is 2. The number of nitrogens with one attached hydrogen (secondary N) is 2. The number of amides is 1. The van der Waals surface area contributed by atoms with Crippen LogP contribution in [0.2, 0.25) is 0 Å². The summed E-state index contributed by atoms with van der Waals surface area (Å²) in [5.41, 5.74) is 1.06. The van der Waals surface area contributed by atoms with Crippen molar-refractivity contribution < 1.29 is 14.3 Å². The fraction of sp³-hybridized carbons (Fsp3) is 0.385. The highest BCUT2D eigenvalue weighted by atomic mass is 16.5. The molecule has 0 aliphatic rings. The molecule has 0 fully saturated rings. The van der Waals surface area contributed by atoms with Gasteiger partial charge in [-0.3, -0.25) is 9.59 Å². The van der Waals surface area contributed by atoms with Crippen molar-refractivity contribution >= 4 is 17.4 Å². The van der Waals surface area contributed by atoms with E-state index in [0.717, 1.165) is 0 Å². The van der Waals surface area contributed by atoms with E-state index in [2.05, 4.69) is 10.6 Å². The molecular weight excluding hydrogens is 232 g/mol. The molecular formula is C13H18N2O3. The zero-order valence-corrected chi connectivity index (χ0v) is 10.9. The molecule has 1 aromatic carbocycles. The summed E-state index contributed by atoms with van der Waals surface area (Å²) in [6.45, 7) is 4.03. The highest BCUT2D eigenvalue weighted by molar-refractivity contribution is 6.00. The minimum absolute atomic E-state index is 0.0350. The van der Waals surface area contributed by atoms with Gasteiger partial charge in [-0.1, -0.05) is 0 Å². The first kappa shape index (κ1) is 14.2. The highest BCUT2D eigenvalue weighted by Gasteiger charge is 2.10. The Morgan fingerprint density at radius 2 is 2.06 bits per heavy atom. The molecule has 0 saturated heterocycles. The van der Waals surface area contributed by atoms with Crippen LogP contribution in [-0.4, -0.2) is 31.9 Å². The van der Waals surface area contributed by atoms with E-state index >= 15 is 0 Å². The Bertz CT molecular complexity index is 444. The summed E-state index contributed by atoms with van der Waals surface area (Å²) in [6.07, 6.45) is 0. The number of hydrogen-bond donors (Lipinski definition) is 2. The van der Waals surface area contributed by atoms with E-state index in [-0.39, 0.29) is 18.2 Å². The van der Waals surface area contributed by atoms with Crippen molar-refractivity contribution in [2.24, 2.45) is 0 Å². The molecule has 0 radical (unpaired) electrons. The third-order valence-corrected chi connectivity index (χ3v) is 2.25. The summed E-state index contributed by atoms with van der Waals surface area (Å²) in [5.74, 6) is 0.329. The molecule has 98 valence electrons. The molecule has 0 heterocycles. The van der Waals surface area contributed by atoms with Gasteiger partial charge in [-0.05, 0) is 32.2 Å². The number of ketones is 1. The van der Waals surface area contributed by atoms with E-state index in [4.69, 9.17) is 4.74 Å². The van der Waals surface area contributed by atoms with E-state index in [0.29, 0.717) is 23.6 Å². The molecule has 0 aliphatic carbocycles. The highest BCUT2D eigenvalue weighted by Crippen LogP contribution is 2.26. The molecule has 0 spiro atoms. The summed E-state index contributed by atoms with van der Waals surface area (Å²) >= 11 is 0. The summed E-state index contributed by atoms with van der Waals surface area (Å²) in [4.78, 5) is 22.8. The quantitative estimate of drug-likeness (QED) is 0.750. The van der Waals surface area contributed by atoms with Gasteiger partial charge >= 0.3 is 0 Å². The van der Waals surface area contributed by atoms with Crippen LogP contribution in [0.15, 0.2) is 18.2 Å². The van der Waals surface area contributed by atoms with Gasteiger partial charge in [0.2, 0.25) is 5.91 Å². The molecule has 5 nitrogen and oxygen atoms in total. The van der Waals surface area contributed by atoms with Crippen LogP contribution in [0.4, 0.5) is 5.69 Å². The standard InChI is InChI=1S/C13H18N2O3/c1-4-18-13-6-5-10(12(17)8-14-3)7-11(13)15-9(2)16/h5-7,14H,4,8H2,1-3H3,(H,15,16). The Hall–Kier alpha value is -1.88. The first-order chi connectivity index (χ1) is 8.58. The predicted octanol–water partition coefficient (Wildman–Crippen LogP) is 1.45. The van der Waals surface area contributed by atoms with Gasteiger partial charge in [-0.15, -0.1) is 0 Å². The average Bonchev–Trinajstić information content (AvgIpc) is 2.31. The molecule has 0 aliphatic heterocycles. The Kier molecular flexibility index (Phi) is 5.32. The van der Waals surface area contributed by atoms with E-state index in [1.165, 1.54) is 6.92 Å². The first-order valence-corrected chi connectivity index (χ1v) is 5.80. The molecule has 0 aromatic heterocycles. The molecule has 0 saturated carbocycles. The second-order valence-corrected chi connectivity index (χ2v) is 3.78. The monoisotopic (exact) mass is 250 g/mol. The molecule has 18 heavy (non-hydrogen) atoms. The SMILES string of the molecule is CCOc1ccc(C(=O)CNC)cc1NC(C)=O. The number of Topliss-reactive ketones (excluding diaryl/α,β-unsaturated/α-hetero) is 1. The minimum atomic E-state index is -0.200. The summed E-state index contributed by atoms with van der Waals surface area (Å²) < 4.78 is 5.39. The van der Waals surface area contributed by atoms with Crippen LogP contribution in [0.3, 0.4) is 0 Å². The molecule has 5 heteroatoms. The van der Waals surface area contributed by atoms with Crippen molar-refractivity contribution in [2.75, 3.05) is 25.5 Å². The second-order valence-electron chi connectivity index (χ2n) is 3.78. The van der Waals surface area contributed by atoms with E-state index in [1.54, 1.807) is 25.2 Å². The van der Waals surface area contributed by atoms with Crippen LogP contribution in [0.25, 0.3) is 0 Å². The molecule has 0 bridgehead atoms. The largest absolute Gasteiger partial charge is 0.492 e. The van der Waals surface area contributed by atoms with Crippen LogP contribution in [0.5, 0.6) is 5.75 Å². The van der Waals surface area contributed by atoms with E-state index in [1.807, 2.05) is 6.92 Å². The summed E-state index contributed by atoms with van der Waals surface area (Å²) in [6, 6.07) is 5.01. The van der Waals surface area contributed by atoms with Gasteiger partial charge in [-0.2, -0.15) is 0 Å². The number of benzene rings is 1. The topological polar surface area (TPSA) is 67.4 Å². The van der Waals surface area contributed by atoms with Crippen molar-refractivity contribution in [3.63, 3.8) is 0 Å². The smallest absolute Gasteiger partial charge is 0.221 e. The molecule has 0 unspecified atom stereocenters. The average molecular weight is 250 g/mol.